The number of para-hydroxylation sites is 1. The highest BCUT2D eigenvalue weighted by molar-refractivity contribution is 7.50. The molecule has 0 spiro atoms. The number of fused-ring (bicyclic) bond motifs is 1. The van der Waals surface area contributed by atoms with Gasteiger partial charge in [-0.2, -0.15) is 0 Å². The van der Waals surface area contributed by atoms with E-state index >= 15 is 0 Å². The molecule has 0 saturated carbocycles. The Kier molecular flexibility index (Phi) is 8.17. The third kappa shape index (κ3) is 6.05. The van der Waals surface area contributed by atoms with E-state index in [2.05, 4.69) is 25.1 Å². The van der Waals surface area contributed by atoms with E-state index in [1.54, 1.807) is 6.20 Å². The van der Waals surface area contributed by atoms with Crippen molar-refractivity contribution >= 4 is 24.6 Å². The summed E-state index contributed by atoms with van der Waals surface area (Å²) in [6.07, 6.45) is 1.18. The minimum atomic E-state index is -4.60. The lowest BCUT2D eigenvalue weighted by Crippen LogP contribution is -2.38. The summed E-state index contributed by atoms with van der Waals surface area (Å²) in [6.45, 7) is 1.01. The molecular weight excluding hydrogens is 521 g/mol. The average molecular weight is 547 g/mol. The highest BCUT2D eigenvalue weighted by Gasteiger charge is 2.39. The van der Waals surface area contributed by atoms with Gasteiger partial charge in [-0.3, -0.25) is 23.7 Å². The number of esters is 1. The fraction of sp³-hybridized carbons (Fsp3) is 0.409. The number of azide groups is 1. The van der Waals surface area contributed by atoms with Crippen LogP contribution in [0.5, 0.6) is 0 Å². The maximum absolute atomic E-state index is 12.9. The molecule has 2 unspecified atom stereocenters. The molecular formula is C22H26N7O8P. The number of aryl methyl sites for hydroxylation is 1. The summed E-state index contributed by atoms with van der Waals surface area (Å²) in [5.74, 6) is -0.773. The number of H-pyrrole nitrogens is 2. The lowest BCUT2D eigenvalue weighted by Gasteiger charge is -2.22. The molecule has 1 aromatic carbocycles. The molecule has 38 heavy (non-hydrogen) atoms. The number of nitrogens with one attached hydrogen (secondary N) is 3. The Bertz CT molecular complexity index is 1540. The summed E-state index contributed by atoms with van der Waals surface area (Å²) in [4.78, 5) is 54.8. The van der Waals surface area contributed by atoms with Gasteiger partial charge in [-0.1, -0.05) is 23.3 Å². The van der Waals surface area contributed by atoms with Gasteiger partial charge in [-0.15, -0.1) is 0 Å². The van der Waals surface area contributed by atoms with Gasteiger partial charge in [-0.25, -0.2) is 14.4 Å². The van der Waals surface area contributed by atoms with Crippen LogP contribution in [0.15, 0.2) is 51.4 Å². The Labute approximate surface area is 214 Å². The minimum Gasteiger partial charge on any atom is -0.468 e. The van der Waals surface area contributed by atoms with E-state index in [9.17, 15) is 23.8 Å². The second-order valence-electron chi connectivity index (χ2n) is 8.70. The van der Waals surface area contributed by atoms with E-state index < -0.39 is 56.0 Å². The van der Waals surface area contributed by atoms with Crippen molar-refractivity contribution in [2.75, 3.05) is 13.7 Å². The van der Waals surface area contributed by atoms with Crippen LogP contribution in [0.3, 0.4) is 0 Å². The van der Waals surface area contributed by atoms with E-state index in [1.807, 2.05) is 24.3 Å². The molecule has 1 saturated heterocycles. The highest BCUT2D eigenvalue weighted by atomic mass is 31.2. The second kappa shape index (κ2) is 11.4. The van der Waals surface area contributed by atoms with Crippen molar-refractivity contribution in [1.82, 2.24) is 19.6 Å². The van der Waals surface area contributed by atoms with Crippen molar-refractivity contribution in [3.05, 3.63) is 79.1 Å². The molecule has 0 aliphatic carbocycles. The first kappa shape index (κ1) is 27.3. The number of rotatable bonds is 10. The van der Waals surface area contributed by atoms with Gasteiger partial charge in [0.2, 0.25) is 0 Å². The molecule has 5 atom stereocenters. The Hall–Kier alpha value is -3.71. The van der Waals surface area contributed by atoms with E-state index in [0.717, 1.165) is 28.1 Å². The first-order valence-electron chi connectivity index (χ1n) is 11.5. The molecule has 0 amide bonds. The standard InChI is InChI=1S/C22H26N7O8P/c1-12-10-29(22(32)25-20(12)30)19-8-16(26-28-23)18(37-19)11-36-38(33,34)27-17(21(31)35-2)7-13-9-24-15-6-4-3-5-14(13)15/h3-6,9-10,16-19,24H,7-8,11H2,1-2H3,(H,25,30,32)(H2,27,33,34)/t16-,17?,18+,19+/m1/s1. The number of aromatic amines is 2. The number of hydrogen-bond acceptors (Lipinski definition) is 8. The molecule has 4 rings (SSSR count). The van der Waals surface area contributed by atoms with Gasteiger partial charge in [-0.05, 0) is 24.1 Å². The van der Waals surface area contributed by atoms with E-state index in [-0.39, 0.29) is 18.4 Å². The summed E-state index contributed by atoms with van der Waals surface area (Å²) in [5, 5.41) is 6.82. The lowest BCUT2D eigenvalue weighted by atomic mass is 10.1. The van der Waals surface area contributed by atoms with Gasteiger partial charge >= 0.3 is 19.4 Å². The van der Waals surface area contributed by atoms with Gasteiger partial charge in [0.05, 0.1) is 25.9 Å². The Morgan fingerprint density at radius 2 is 2.18 bits per heavy atom. The maximum atomic E-state index is 12.9. The maximum Gasteiger partial charge on any atom is 0.403 e. The zero-order valence-corrected chi connectivity index (χ0v) is 21.3. The zero-order chi connectivity index (χ0) is 27.4. The fourth-order valence-electron chi connectivity index (χ4n) is 4.28. The topological polar surface area (TPSA) is 213 Å². The Morgan fingerprint density at radius 3 is 2.92 bits per heavy atom. The third-order valence-corrected chi connectivity index (χ3v) is 7.31. The normalized spacial score (nSPS) is 21.5. The number of carbonyl (C=O) groups excluding carboxylic acids is 1. The average Bonchev–Trinajstić information content (AvgIpc) is 3.48. The van der Waals surface area contributed by atoms with Crippen molar-refractivity contribution < 1.29 is 28.3 Å². The number of hydrogen-bond donors (Lipinski definition) is 4. The molecule has 0 radical (unpaired) electrons. The number of methoxy groups -OCH3 is 1. The van der Waals surface area contributed by atoms with Crippen LogP contribution in [-0.4, -0.2) is 57.3 Å². The van der Waals surface area contributed by atoms with E-state index in [0.29, 0.717) is 0 Å². The van der Waals surface area contributed by atoms with Crippen LogP contribution < -0.4 is 16.3 Å². The van der Waals surface area contributed by atoms with E-state index in [4.69, 9.17) is 19.5 Å². The molecule has 3 aromatic rings. The fourth-order valence-corrected chi connectivity index (χ4v) is 5.29. The minimum absolute atomic E-state index is 0.0302. The quantitative estimate of drug-likeness (QED) is 0.0955. The molecule has 1 aliphatic rings. The van der Waals surface area contributed by atoms with Crippen LogP contribution in [-0.2, 0) is 29.8 Å². The summed E-state index contributed by atoms with van der Waals surface area (Å²) in [7, 11) is -3.44. The molecule has 1 fully saturated rings. The molecule has 0 bridgehead atoms. The van der Waals surface area contributed by atoms with Crippen molar-refractivity contribution in [1.29, 1.82) is 0 Å². The predicted octanol–water partition coefficient (Wildman–Crippen LogP) is 1.78. The first-order valence-corrected chi connectivity index (χ1v) is 13.1. The monoisotopic (exact) mass is 547 g/mol. The van der Waals surface area contributed by atoms with Gasteiger partial charge in [0, 0.05) is 46.6 Å². The molecule has 1 aliphatic heterocycles. The van der Waals surface area contributed by atoms with Crippen LogP contribution in [0.25, 0.3) is 21.3 Å². The summed E-state index contributed by atoms with van der Waals surface area (Å²) >= 11 is 0. The molecule has 4 N–H and O–H groups in total. The van der Waals surface area contributed by atoms with Gasteiger partial charge in [0.1, 0.15) is 12.3 Å². The van der Waals surface area contributed by atoms with E-state index in [1.165, 1.54) is 13.1 Å². The summed E-state index contributed by atoms with van der Waals surface area (Å²) in [5.41, 5.74) is 9.50. The van der Waals surface area contributed by atoms with Gasteiger partial charge < -0.3 is 19.4 Å². The van der Waals surface area contributed by atoms with Crippen molar-refractivity contribution in [2.24, 2.45) is 5.11 Å². The predicted molar refractivity (Wildman–Crippen MR) is 134 cm³/mol. The Balaban J connectivity index is 1.46. The molecule has 2 aromatic heterocycles. The number of ether oxygens (including phenoxy) is 2. The van der Waals surface area contributed by atoms with Crippen LogP contribution in [0.4, 0.5) is 0 Å². The Morgan fingerprint density at radius 1 is 1.42 bits per heavy atom. The second-order valence-corrected chi connectivity index (χ2v) is 10.3. The van der Waals surface area contributed by atoms with Crippen LogP contribution in [0.2, 0.25) is 0 Å². The van der Waals surface area contributed by atoms with Crippen molar-refractivity contribution in [2.45, 2.75) is 44.2 Å². The van der Waals surface area contributed by atoms with Crippen molar-refractivity contribution in [3.8, 4) is 0 Å². The zero-order valence-electron chi connectivity index (χ0n) is 20.4. The smallest absolute Gasteiger partial charge is 0.403 e. The molecule has 16 heteroatoms. The summed E-state index contributed by atoms with van der Waals surface area (Å²) in [6, 6.07) is 5.33. The van der Waals surface area contributed by atoms with Crippen molar-refractivity contribution in [3.63, 3.8) is 0 Å². The third-order valence-electron chi connectivity index (χ3n) is 6.18. The van der Waals surface area contributed by atoms with Gasteiger partial charge in [0.15, 0.2) is 0 Å². The number of benzene rings is 1. The summed E-state index contributed by atoms with van der Waals surface area (Å²) < 4.78 is 29.8. The highest BCUT2D eigenvalue weighted by Crippen LogP contribution is 2.40. The van der Waals surface area contributed by atoms with Crippen LogP contribution in [0, 0.1) is 6.92 Å². The van der Waals surface area contributed by atoms with Crippen LogP contribution >= 0.6 is 7.75 Å². The molecule has 202 valence electrons. The number of nitrogens with zero attached hydrogens (tertiary/aromatic N) is 4. The lowest BCUT2D eigenvalue weighted by molar-refractivity contribution is -0.142. The number of aromatic nitrogens is 3. The largest absolute Gasteiger partial charge is 0.468 e. The first-order chi connectivity index (χ1) is 18.1. The van der Waals surface area contributed by atoms with Crippen LogP contribution in [0.1, 0.15) is 23.8 Å². The van der Waals surface area contributed by atoms with Gasteiger partial charge in [0.25, 0.3) is 5.56 Å². The molecule has 15 nitrogen and oxygen atoms in total. The SMILES string of the molecule is COC(=O)C(Cc1c[nH]c2ccccc12)NP(=O)(O)OC[C@@H]1O[C@H](n2cc(C)c(=O)[nH]c2=O)C[C@H]1N=[N+]=[N-]. The molecule has 3 heterocycles. The number of carbonyl (C=O) groups is 1.